The summed E-state index contributed by atoms with van der Waals surface area (Å²) in [6.45, 7) is 1.62. The largest absolute Gasteiger partial charge is 0.441 e. The number of hydrogen-bond donors (Lipinski definition) is 2. The van der Waals surface area contributed by atoms with E-state index in [4.69, 9.17) is 4.42 Å². The van der Waals surface area contributed by atoms with Crippen molar-refractivity contribution < 1.29 is 22.0 Å². The zero-order chi connectivity index (χ0) is 22.7. The van der Waals surface area contributed by atoms with Crippen LogP contribution in [0.2, 0.25) is 0 Å². The summed E-state index contributed by atoms with van der Waals surface area (Å²) in [6.07, 6.45) is 0.405. The highest BCUT2D eigenvalue weighted by molar-refractivity contribution is 7.92. The van der Waals surface area contributed by atoms with Crippen molar-refractivity contribution in [2.45, 2.75) is 24.7 Å². The third-order valence-electron chi connectivity index (χ3n) is 4.78. The van der Waals surface area contributed by atoms with Gasteiger partial charge < -0.3 is 9.73 Å². The summed E-state index contributed by atoms with van der Waals surface area (Å²) < 4.78 is 47.3. The summed E-state index contributed by atoms with van der Waals surface area (Å²) in [4.78, 5) is 16.7. The molecular weight excluding hydrogens is 433 g/mol. The zero-order valence-electron chi connectivity index (χ0n) is 17.1. The number of carbonyl (C=O) groups excluding carboxylic acids is 1. The minimum Gasteiger partial charge on any atom is -0.441 e. The van der Waals surface area contributed by atoms with Crippen molar-refractivity contribution in [3.05, 3.63) is 84.0 Å². The van der Waals surface area contributed by atoms with Gasteiger partial charge in [-0.15, -0.1) is 0 Å². The molecule has 0 aliphatic carbocycles. The summed E-state index contributed by atoms with van der Waals surface area (Å²) in [5.74, 6) is -0.554. The quantitative estimate of drug-likeness (QED) is 0.424. The van der Waals surface area contributed by atoms with Crippen molar-refractivity contribution in [3.63, 3.8) is 0 Å². The Labute approximate surface area is 184 Å². The van der Waals surface area contributed by atoms with Gasteiger partial charge in [0.25, 0.3) is 10.0 Å². The fourth-order valence-corrected chi connectivity index (χ4v) is 4.52. The Morgan fingerprint density at radius 1 is 1.06 bits per heavy atom. The Hall–Kier alpha value is -3.72. The van der Waals surface area contributed by atoms with Crippen molar-refractivity contribution in [2.75, 3.05) is 10.0 Å². The van der Waals surface area contributed by atoms with Crippen molar-refractivity contribution in [2.24, 2.45) is 0 Å². The molecule has 0 radical (unpaired) electrons. The molecule has 3 aromatic carbocycles. The maximum Gasteiger partial charge on any atom is 0.262 e. The number of oxazole rings is 1. The number of fused-ring (bicyclic) bond motifs is 1. The van der Waals surface area contributed by atoms with E-state index in [1.165, 1.54) is 24.3 Å². The molecule has 1 amide bonds. The molecule has 2 N–H and O–H groups in total. The number of aryl methyl sites for hydroxylation is 2. The number of nitrogens with zero attached hydrogens (tertiary/aromatic N) is 1. The molecule has 4 aromatic rings. The fourth-order valence-electron chi connectivity index (χ4n) is 3.18. The third kappa shape index (κ3) is 4.78. The number of aromatic nitrogens is 1. The topological polar surface area (TPSA) is 101 Å². The molecule has 7 nitrogen and oxygen atoms in total. The molecule has 0 spiro atoms. The van der Waals surface area contributed by atoms with Crippen LogP contribution in [0.1, 0.15) is 17.9 Å². The molecule has 0 bridgehead atoms. The van der Waals surface area contributed by atoms with Gasteiger partial charge in [0.1, 0.15) is 11.3 Å². The highest BCUT2D eigenvalue weighted by atomic mass is 32.2. The van der Waals surface area contributed by atoms with Crippen LogP contribution in [0.4, 0.5) is 15.8 Å². The SMILES string of the molecule is Cc1ccc(NC(=O)CCc2nc3ccccc3o2)cc1S(=O)(=O)Nc1ccccc1F. The first-order valence-electron chi connectivity index (χ1n) is 9.84. The van der Waals surface area contributed by atoms with E-state index >= 15 is 0 Å². The smallest absolute Gasteiger partial charge is 0.262 e. The van der Waals surface area contributed by atoms with Gasteiger partial charge in [-0.25, -0.2) is 17.8 Å². The molecule has 32 heavy (non-hydrogen) atoms. The van der Waals surface area contributed by atoms with Gasteiger partial charge >= 0.3 is 0 Å². The van der Waals surface area contributed by atoms with Crippen LogP contribution in [0.25, 0.3) is 11.1 Å². The van der Waals surface area contributed by atoms with Crippen LogP contribution >= 0.6 is 0 Å². The zero-order valence-corrected chi connectivity index (χ0v) is 17.9. The van der Waals surface area contributed by atoms with Gasteiger partial charge in [0.05, 0.1) is 10.6 Å². The van der Waals surface area contributed by atoms with Crippen molar-refractivity contribution in [3.8, 4) is 0 Å². The Morgan fingerprint density at radius 3 is 2.59 bits per heavy atom. The van der Waals surface area contributed by atoms with Crippen LogP contribution in [-0.4, -0.2) is 19.3 Å². The number of para-hydroxylation sites is 3. The van der Waals surface area contributed by atoms with Crippen LogP contribution in [0.15, 0.2) is 76.0 Å². The number of halogens is 1. The second-order valence-corrected chi connectivity index (χ2v) is 8.84. The van der Waals surface area contributed by atoms with E-state index in [9.17, 15) is 17.6 Å². The van der Waals surface area contributed by atoms with Gasteiger partial charge in [-0.1, -0.05) is 30.3 Å². The summed E-state index contributed by atoms with van der Waals surface area (Å²) in [6, 6.07) is 17.3. The number of sulfonamides is 1. The monoisotopic (exact) mass is 453 g/mol. The Morgan fingerprint density at radius 2 is 1.81 bits per heavy atom. The van der Waals surface area contributed by atoms with Gasteiger partial charge in [0, 0.05) is 18.5 Å². The van der Waals surface area contributed by atoms with Gasteiger partial charge in [0.15, 0.2) is 11.5 Å². The van der Waals surface area contributed by atoms with Crippen LogP contribution in [0, 0.1) is 12.7 Å². The maximum absolute atomic E-state index is 13.9. The van der Waals surface area contributed by atoms with E-state index in [1.54, 1.807) is 25.1 Å². The van der Waals surface area contributed by atoms with E-state index in [-0.39, 0.29) is 22.9 Å². The van der Waals surface area contributed by atoms with E-state index in [0.717, 1.165) is 11.6 Å². The lowest BCUT2D eigenvalue weighted by atomic mass is 10.2. The summed E-state index contributed by atoms with van der Waals surface area (Å²) in [5.41, 5.74) is 1.99. The minimum atomic E-state index is -4.06. The number of carbonyl (C=O) groups is 1. The molecule has 0 fully saturated rings. The van der Waals surface area contributed by atoms with Crippen LogP contribution in [-0.2, 0) is 21.2 Å². The third-order valence-corrected chi connectivity index (χ3v) is 6.29. The van der Waals surface area contributed by atoms with E-state index < -0.39 is 15.8 Å². The summed E-state index contributed by atoms with van der Waals surface area (Å²) in [5, 5.41) is 2.69. The number of anilines is 2. The van der Waals surface area contributed by atoms with Crippen molar-refractivity contribution in [1.29, 1.82) is 0 Å². The summed E-state index contributed by atoms with van der Waals surface area (Å²) in [7, 11) is -4.06. The first kappa shape index (κ1) is 21.5. The predicted octanol–water partition coefficient (Wildman–Crippen LogP) is 4.65. The number of rotatable bonds is 7. The molecule has 0 saturated carbocycles. The van der Waals surface area contributed by atoms with Gasteiger partial charge in [-0.2, -0.15) is 0 Å². The predicted molar refractivity (Wildman–Crippen MR) is 119 cm³/mol. The standard InChI is InChI=1S/C23H20FN3O4S/c1-15-10-11-16(14-21(15)32(29,30)27-18-7-3-2-6-17(18)24)25-22(28)12-13-23-26-19-8-4-5-9-20(19)31-23/h2-11,14,27H,12-13H2,1H3,(H,25,28). The molecule has 9 heteroatoms. The van der Waals surface area contributed by atoms with Crippen molar-refractivity contribution >= 4 is 38.4 Å². The molecule has 4 rings (SSSR count). The number of nitrogens with one attached hydrogen (secondary N) is 2. The van der Waals surface area contributed by atoms with E-state index in [0.29, 0.717) is 29.1 Å². The van der Waals surface area contributed by atoms with E-state index in [1.807, 2.05) is 18.2 Å². The minimum absolute atomic E-state index is 0.0579. The van der Waals surface area contributed by atoms with Gasteiger partial charge in [-0.05, 0) is 48.9 Å². The molecule has 0 atom stereocenters. The maximum atomic E-state index is 13.9. The lowest BCUT2D eigenvalue weighted by Crippen LogP contribution is -2.17. The molecule has 164 valence electrons. The second-order valence-electron chi connectivity index (χ2n) is 7.19. The fraction of sp³-hybridized carbons (Fsp3) is 0.130. The molecule has 1 aromatic heterocycles. The van der Waals surface area contributed by atoms with E-state index in [2.05, 4.69) is 15.0 Å². The Balaban J connectivity index is 1.45. The molecule has 0 unspecified atom stereocenters. The average molecular weight is 453 g/mol. The van der Waals surface area contributed by atoms with Crippen LogP contribution in [0.3, 0.4) is 0 Å². The molecule has 1 heterocycles. The van der Waals surface area contributed by atoms with Crippen molar-refractivity contribution in [1.82, 2.24) is 4.98 Å². The second kappa shape index (κ2) is 8.80. The Bertz CT molecular complexity index is 1370. The number of amides is 1. The normalized spacial score (nSPS) is 11.4. The van der Waals surface area contributed by atoms with Crippen LogP contribution in [0.5, 0.6) is 0 Å². The lowest BCUT2D eigenvalue weighted by molar-refractivity contribution is -0.116. The first-order valence-corrected chi connectivity index (χ1v) is 11.3. The van der Waals surface area contributed by atoms with Gasteiger partial charge in [-0.3, -0.25) is 9.52 Å². The summed E-state index contributed by atoms with van der Waals surface area (Å²) >= 11 is 0. The molecular formula is C23H20FN3O4S. The lowest BCUT2D eigenvalue weighted by Gasteiger charge is -2.13. The number of hydrogen-bond acceptors (Lipinski definition) is 5. The molecule has 0 saturated heterocycles. The number of benzene rings is 3. The van der Waals surface area contributed by atoms with Crippen LogP contribution < -0.4 is 10.0 Å². The first-order chi connectivity index (χ1) is 15.3. The average Bonchev–Trinajstić information content (AvgIpc) is 3.18. The Kier molecular flexibility index (Phi) is 5.91. The highest BCUT2D eigenvalue weighted by Crippen LogP contribution is 2.24. The van der Waals surface area contributed by atoms with Gasteiger partial charge in [0.2, 0.25) is 5.91 Å². The molecule has 0 aliphatic heterocycles. The highest BCUT2D eigenvalue weighted by Gasteiger charge is 2.20. The molecule has 0 aliphatic rings.